The van der Waals surface area contributed by atoms with Crippen LogP contribution in [0.1, 0.15) is 15.2 Å². The molecule has 0 N–H and O–H groups in total. The van der Waals surface area contributed by atoms with Gasteiger partial charge in [0.05, 0.1) is 14.2 Å². The Morgan fingerprint density at radius 2 is 1.71 bits per heavy atom. The summed E-state index contributed by atoms with van der Waals surface area (Å²) in [5.41, 5.74) is -0.474. The zero-order valence-electron chi connectivity index (χ0n) is 8.14. The number of benzene rings is 1. The topological polar surface area (TPSA) is 17.1 Å². The number of hydrogen-bond donors (Lipinski definition) is 0. The van der Waals surface area contributed by atoms with Crippen molar-refractivity contribution >= 4 is 33.0 Å². The molecule has 0 amide bonds. The first-order valence-corrected chi connectivity index (χ1v) is 6.04. The van der Waals surface area contributed by atoms with Gasteiger partial charge in [0.25, 0.3) is 0 Å². The molecule has 0 unspecified atom stereocenters. The van der Waals surface area contributed by atoms with Crippen LogP contribution in [0.5, 0.6) is 0 Å². The predicted octanol–water partition coefficient (Wildman–Crippen LogP) is 4.16. The lowest BCUT2D eigenvalue weighted by atomic mass is 10.1. The first kappa shape index (κ1) is 12.3. The summed E-state index contributed by atoms with van der Waals surface area (Å²) >= 11 is 4.25. The van der Waals surface area contributed by atoms with Crippen molar-refractivity contribution in [3.63, 3.8) is 0 Å². The maximum atomic E-state index is 13.3. The first-order chi connectivity index (χ1) is 7.99. The van der Waals surface area contributed by atoms with Gasteiger partial charge >= 0.3 is 0 Å². The van der Waals surface area contributed by atoms with Gasteiger partial charge in [0.15, 0.2) is 11.6 Å². The molecule has 88 valence electrons. The summed E-state index contributed by atoms with van der Waals surface area (Å²) in [6.07, 6.45) is 0. The molecule has 1 heterocycles. The maximum absolute atomic E-state index is 13.3. The van der Waals surface area contributed by atoms with Crippen LogP contribution in [0, 0.1) is 17.5 Å². The number of carbonyl (C=O) groups excluding carboxylic acids is 1. The molecule has 0 fully saturated rings. The Hall–Kier alpha value is -1.14. The Morgan fingerprint density at radius 3 is 2.29 bits per heavy atom. The Labute approximate surface area is 107 Å². The minimum Gasteiger partial charge on any atom is -0.288 e. The second kappa shape index (κ2) is 4.62. The van der Waals surface area contributed by atoms with E-state index in [0.717, 1.165) is 11.3 Å². The highest BCUT2D eigenvalue weighted by atomic mass is 79.9. The van der Waals surface area contributed by atoms with Crippen molar-refractivity contribution in [1.29, 1.82) is 0 Å². The number of ketones is 1. The van der Waals surface area contributed by atoms with Gasteiger partial charge in [0.1, 0.15) is 5.82 Å². The van der Waals surface area contributed by atoms with Crippen LogP contribution in [0.2, 0.25) is 0 Å². The molecule has 1 nitrogen and oxygen atoms in total. The lowest BCUT2D eigenvalue weighted by Crippen LogP contribution is -2.04. The quantitative estimate of drug-likeness (QED) is 0.600. The zero-order valence-corrected chi connectivity index (χ0v) is 10.5. The first-order valence-electron chi connectivity index (χ1n) is 4.43. The van der Waals surface area contributed by atoms with E-state index in [1.54, 1.807) is 6.07 Å². The summed E-state index contributed by atoms with van der Waals surface area (Å²) in [5.74, 6) is -4.30. The van der Waals surface area contributed by atoms with Gasteiger partial charge in [-0.2, -0.15) is 0 Å². The Bertz CT molecular complexity index is 594. The van der Waals surface area contributed by atoms with Crippen molar-refractivity contribution in [2.75, 3.05) is 0 Å². The summed E-state index contributed by atoms with van der Waals surface area (Å²) in [6, 6.07) is 4.04. The summed E-state index contributed by atoms with van der Waals surface area (Å²) in [7, 11) is 0. The van der Waals surface area contributed by atoms with Gasteiger partial charge in [0, 0.05) is 6.07 Å². The highest BCUT2D eigenvalue weighted by Gasteiger charge is 2.18. The summed E-state index contributed by atoms with van der Waals surface area (Å²) < 4.78 is 39.7. The van der Waals surface area contributed by atoms with Crippen molar-refractivity contribution in [3.8, 4) is 0 Å². The van der Waals surface area contributed by atoms with Gasteiger partial charge < -0.3 is 0 Å². The highest BCUT2D eigenvalue weighted by Crippen LogP contribution is 2.26. The molecule has 0 aliphatic rings. The molecule has 1 aromatic carbocycles. The molecule has 0 saturated heterocycles. The van der Waals surface area contributed by atoms with Crippen LogP contribution >= 0.6 is 27.3 Å². The molecule has 0 spiro atoms. The molecule has 0 saturated carbocycles. The van der Waals surface area contributed by atoms with Crippen molar-refractivity contribution in [2.24, 2.45) is 0 Å². The Kier molecular flexibility index (Phi) is 3.35. The van der Waals surface area contributed by atoms with E-state index in [-0.39, 0.29) is 4.88 Å². The number of thiophene rings is 1. The summed E-state index contributed by atoms with van der Waals surface area (Å²) in [5, 5.41) is 0. The van der Waals surface area contributed by atoms with Crippen LogP contribution in [-0.2, 0) is 0 Å². The van der Waals surface area contributed by atoms with Crippen molar-refractivity contribution < 1.29 is 18.0 Å². The van der Waals surface area contributed by atoms with Crippen LogP contribution in [0.3, 0.4) is 0 Å². The van der Waals surface area contributed by atoms with Gasteiger partial charge in [0.2, 0.25) is 5.78 Å². The standard InChI is InChI=1S/C11H4BrF3OS/c12-10-2-1-9(17-10)11(16)5-3-7(14)8(15)4-6(5)13/h1-4H. The number of hydrogen-bond acceptors (Lipinski definition) is 2. The molecule has 0 radical (unpaired) electrons. The van der Waals surface area contributed by atoms with Gasteiger partial charge in [-0.25, -0.2) is 13.2 Å². The van der Waals surface area contributed by atoms with Crippen LogP contribution < -0.4 is 0 Å². The van der Waals surface area contributed by atoms with E-state index in [2.05, 4.69) is 15.9 Å². The Morgan fingerprint density at radius 1 is 1.06 bits per heavy atom. The van der Waals surface area contributed by atoms with Gasteiger partial charge in [-0.15, -0.1) is 11.3 Å². The van der Waals surface area contributed by atoms with E-state index in [0.29, 0.717) is 15.9 Å². The highest BCUT2D eigenvalue weighted by molar-refractivity contribution is 9.11. The largest absolute Gasteiger partial charge is 0.288 e. The van der Waals surface area contributed by atoms with Gasteiger partial charge in [-0.05, 0) is 34.1 Å². The number of halogens is 4. The lowest BCUT2D eigenvalue weighted by molar-refractivity contribution is 0.103. The van der Waals surface area contributed by atoms with Crippen molar-refractivity contribution in [2.45, 2.75) is 0 Å². The maximum Gasteiger partial charge on any atom is 0.206 e. The van der Waals surface area contributed by atoms with E-state index in [1.165, 1.54) is 6.07 Å². The van der Waals surface area contributed by atoms with E-state index < -0.39 is 28.8 Å². The lowest BCUT2D eigenvalue weighted by Gasteiger charge is -2.01. The third-order valence-corrected chi connectivity index (χ3v) is 3.67. The molecular formula is C11H4BrF3OS. The van der Waals surface area contributed by atoms with Crippen LogP contribution in [0.4, 0.5) is 13.2 Å². The summed E-state index contributed by atoms with van der Waals surface area (Å²) in [4.78, 5) is 12.1. The molecule has 1 aromatic heterocycles. The van der Waals surface area contributed by atoms with E-state index in [1.807, 2.05) is 0 Å². The monoisotopic (exact) mass is 320 g/mol. The second-order valence-corrected chi connectivity index (χ2v) is 5.64. The number of rotatable bonds is 2. The molecule has 17 heavy (non-hydrogen) atoms. The van der Waals surface area contributed by atoms with Gasteiger partial charge in [-0.3, -0.25) is 4.79 Å². The summed E-state index contributed by atoms with van der Waals surface area (Å²) in [6.45, 7) is 0. The fourth-order valence-electron chi connectivity index (χ4n) is 1.27. The smallest absolute Gasteiger partial charge is 0.206 e. The molecule has 6 heteroatoms. The average Bonchev–Trinajstić information content (AvgIpc) is 2.69. The van der Waals surface area contributed by atoms with Crippen LogP contribution in [0.25, 0.3) is 0 Å². The number of carbonyl (C=O) groups is 1. The zero-order chi connectivity index (χ0) is 12.6. The van der Waals surface area contributed by atoms with Crippen LogP contribution in [-0.4, -0.2) is 5.78 Å². The molecule has 0 bridgehead atoms. The molecule has 0 atom stereocenters. The van der Waals surface area contributed by atoms with E-state index in [9.17, 15) is 18.0 Å². The molecule has 2 rings (SSSR count). The second-order valence-electron chi connectivity index (χ2n) is 3.18. The minimum absolute atomic E-state index is 0.252. The minimum atomic E-state index is -1.31. The van der Waals surface area contributed by atoms with E-state index >= 15 is 0 Å². The fourth-order valence-corrected chi connectivity index (χ4v) is 2.61. The molecule has 2 aromatic rings. The van der Waals surface area contributed by atoms with E-state index in [4.69, 9.17) is 0 Å². The average molecular weight is 321 g/mol. The molecule has 0 aliphatic carbocycles. The molecular weight excluding hydrogens is 317 g/mol. The van der Waals surface area contributed by atoms with Crippen molar-refractivity contribution in [3.05, 3.63) is 55.9 Å². The van der Waals surface area contributed by atoms with Crippen LogP contribution in [0.15, 0.2) is 28.1 Å². The third-order valence-electron chi connectivity index (χ3n) is 2.05. The van der Waals surface area contributed by atoms with Gasteiger partial charge in [-0.1, -0.05) is 0 Å². The third kappa shape index (κ3) is 2.42. The normalized spacial score (nSPS) is 10.6. The Balaban J connectivity index is 2.47. The SMILES string of the molecule is O=C(c1ccc(Br)s1)c1cc(F)c(F)cc1F. The van der Waals surface area contributed by atoms with Crippen molar-refractivity contribution in [1.82, 2.24) is 0 Å². The molecule has 0 aliphatic heterocycles. The predicted molar refractivity (Wildman–Crippen MR) is 61.8 cm³/mol. The fraction of sp³-hybridized carbons (Fsp3) is 0.